The molecule has 128 valence electrons. The zero-order chi connectivity index (χ0) is 17.0. The van der Waals surface area contributed by atoms with E-state index >= 15 is 0 Å². The van der Waals surface area contributed by atoms with Crippen molar-refractivity contribution in [3.05, 3.63) is 59.9 Å². The van der Waals surface area contributed by atoms with Crippen molar-refractivity contribution in [1.82, 2.24) is 0 Å². The minimum atomic E-state index is -3.55. The summed E-state index contributed by atoms with van der Waals surface area (Å²) < 4.78 is 45.6. The van der Waals surface area contributed by atoms with Gasteiger partial charge in [0.15, 0.2) is 0 Å². The predicted molar refractivity (Wildman–Crippen MR) is 92.0 cm³/mol. The van der Waals surface area contributed by atoms with Gasteiger partial charge in [0, 0.05) is 5.69 Å². The van der Waals surface area contributed by atoms with E-state index < -0.39 is 10.0 Å². The van der Waals surface area contributed by atoms with Crippen molar-refractivity contribution in [2.75, 3.05) is 4.72 Å². The summed E-state index contributed by atoms with van der Waals surface area (Å²) in [6, 6.07) is 12.3. The van der Waals surface area contributed by atoms with Crippen LogP contribution in [0.3, 0.4) is 0 Å². The molecule has 0 bridgehead atoms. The number of sulfonamides is 1. The van der Waals surface area contributed by atoms with Gasteiger partial charge in [0.2, 0.25) is 10.0 Å². The Kier molecular flexibility index (Phi) is 5.04. The molecule has 24 heavy (non-hydrogen) atoms. The van der Waals surface area contributed by atoms with Crippen molar-refractivity contribution >= 4 is 15.7 Å². The third-order valence-corrected chi connectivity index (χ3v) is 5.26. The number of hydrogen-bond acceptors (Lipinski definition) is 3. The van der Waals surface area contributed by atoms with E-state index in [1.165, 1.54) is 37.1 Å². The molecule has 1 saturated carbocycles. The lowest BCUT2D eigenvalue weighted by molar-refractivity contribution is 0.210. The number of rotatable bonds is 6. The minimum absolute atomic E-state index is 0.201. The second-order valence-electron chi connectivity index (χ2n) is 6.04. The van der Waals surface area contributed by atoms with E-state index in [1.807, 2.05) is 0 Å². The Morgan fingerprint density at radius 1 is 1.00 bits per heavy atom. The highest BCUT2D eigenvalue weighted by Gasteiger charge is 2.16. The predicted octanol–water partition coefficient (Wildman–Crippen LogP) is 4.09. The summed E-state index contributed by atoms with van der Waals surface area (Å²) >= 11 is 0. The summed E-state index contributed by atoms with van der Waals surface area (Å²) in [7, 11) is -3.55. The highest BCUT2D eigenvalue weighted by atomic mass is 32.2. The van der Waals surface area contributed by atoms with Gasteiger partial charge in [0.1, 0.15) is 11.6 Å². The minimum Gasteiger partial charge on any atom is -0.490 e. The van der Waals surface area contributed by atoms with Crippen molar-refractivity contribution in [3.63, 3.8) is 0 Å². The summed E-state index contributed by atoms with van der Waals surface area (Å²) in [6.45, 7) is 0. The van der Waals surface area contributed by atoms with Crippen LogP contribution in [-0.2, 0) is 15.8 Å². The number of anilines is 1. The zero-order valence-corrected chi connectivity index (χ0v) is 14.1. The van der Waals surface area contributed by atoms with Gasteiger partial charge in [0.05, 0.1) is 11.9 Å². The summed E-state index contributed by atoms with van der Waals surface area (Å²) in [6.07, 6.45) is 4.82. The molecule has 0 aromatic heterocycles. The van der Waals surface area contributed by atoms with Gasteiger partial charge < -0.3 is 4.74 Å². The zero-order valence-electron chi connectivity index (χ0n) is 13.2. The monoisotopic (exact) mass is 349 g/mol. The molecule has 0 spiro atoms. The molecule has 0 unspecified atom stereocenters. The van der Waals surface area contributed by atoms with E-state index in [9.17, 15) is 12.8 Å². The Labute approximate surface area is 141 Å². The van der Waals surface area contributed by atoms with Crippen LogP contribution in [0.5, 0.6) is 5.75 Å². The van der Waals surface area contributed by atoms with Gasteiger partial charge in [-0.2, -0.15) is 0 Å². The van der Waals surface area contributed by atoms with Gasteiger partial charge >= 0.3 is 0 Å². The van der Waals surface area contributed by atoms with E-state index in [0.29, 0.717) is 11.3 Å². The van der Waals surface area contributed by atoms with Crippen LogP contribution in [0.15, 0.2) is 48.5 Å². The summed E-state index contributed by atoms with van der Waals surface area (Å²) in [4.78, 5) is 0. The lowest BCUT2D eigenvalue weighted by Crippen LogP contribution is -2.15. The van der Waals surface area contributed by atoms with Crippen LogP contribution in [0.25, 0.3) is 0 Å². The van der Waals surface area contributed by atoms with Gasteiger partial charge in [-0.3, -0.25) is 4.72 Å². The van der Waals surface area contributed by atoms with E-state index in [0.717, 1.165) is 18.6 Å². The SMILES string of the molecule is O=S(=O)(Cc1ccc(F)cc1)Nc1ccc(OC2CCCC2)cc1. The number of halogens is 1. The maximum atomic E-state index is 12.9. The first-order valence-electron chi connectivity index (χ1n) is 8.02. The lowest BCUT2D eigenvalue weighted by atomic mass is 10.2. The van der Waals surface area contributed by atoms with Crippen LogP contribution in [0.2, 0.25) is 0 Å². The summed E-state index contributed by atoms with van der Waals surface area (Å²) in [5.74, 6) is 0.165. The maximum absolute atomic E-state index is 12.9. The number of nitrogens with one attached hydrogen (secondary N) is 1. The number of hydrogen-bond donors (Lipinski definition) is 1. The molecular weight excluding hydrogens is 329 g/mol. The fourth-order valence-corrected chi connectivity index (χ4v) is 4.01. The molecule has 0 radical (unpaired) electrons. The van der Waals surface area contributed by atoms with Crippen molar-refractivity contribution in [2.45, 2.75) is 37.5 Å². The molecule has 0 heterocycles. The summed E-state index contributed by atoms with van der Waals surface area (Å²) in [5, 5.41) is 0. The highest BCUT2D eigenvalue weighted by Crippen LogP contribution is 2.25. The van der Waals surface area contributed by atoms with Crippen molar-refractivity contribution in [1.29, 1.82) is 0 Å². The quantitative estimate of drug-likeness (QED) is 0.855. The molecule has 0 atom stereocenters. The first kappa shape index (κ1) is 16.8. The molecular formula is C18H20FNO3S. The van der Waals surface area contributed by atoms with Crippen LogP contribution >= 0.6 is 0 Å². The van der Waals surface area contributed by atoms with Gasteiger partial charge in [-0.1, -0.05) is 12.1 Å². The molecule has 0 amide bonds. The second kappa shape index (κ2) is 7.21. The molecule has 2 aromatic carbocycles. The van der Waals surface area contributed by atoms with E-state index in [1.54, 1.807) is 24.3 Å². The standard InChI is InChI=1S/C18H20FNO3S/c19-15-7-5-14(6-8-15)13-24(21,22)20-16-9-11-18(12-10-16)23-17-3-1-2-4-17/h5-12,17,20H,1-4,13H2. The van der Waals surface area contributed by atoms with E-state index in [4.69, 9.17) is 4.74 Å². The summed E-state index contributed by atoms with van der Waals surface area (Å²) in [5.41, 5.74) is 1.01. The fourth-order valence-electron chi connectivity index (χ4n) is 2.82. The fraction of sp³-hybridized carbons (Fsp3) is 0.333. The van der Waals surface area contributed by atoms with Crippen LogP contribution in [0.4, 0.5) is 10.1 Å². The topological polar surface area (TPSA) is 55.4 Å². The second-order valence-corrected chi connectivity index (χ2v) is 7.76. The maximum Gasteiger partial charge on any atom is 0.236 e. The molecule has 3 rings (SSSR count). The lowest BCUT2D eigenvalue weighted by Gasteiger charge is -2.14. The Bertz CT molecular complexity index is 767. The molecule has 1 N–H and O–H groups in total. The van der Waals surface area contributed by atoms with E-state index in [-0.39, 0.29) is 17.7 Å². The number of ether oxygens (including phenoxy) is 1. The van der Waals surface area contributed by atoms with Gasteiger partial charge in [-0.05, 0) is 67.6 Å². The van der Waals surface area contributed by atoms with Gasteiger partial charge in [-0.15, -0.1) is 0 Å². The van der Waals surface area contributed by atoms with Crippen LogP contribution in [0.1, 0.15) is 31.2 Å². The molecule has 1 fully saturated rings. The average Bonchev–Trinajstić information content (AvgIpc) is 3.04. The van der Waals surface area contributed by atoms with Crippen molar-refractivity contribution < 1.29 is 17.5 Å². The van der Waals surface area contributed by atoms with Crippen LogP contribution in [-0.4, -0.2) is 14.5 Å². The smallest absolute Gasteiger partial charge is 0.236 e. The first-order valence-corrected chi connectivity index (χ1v) is 9.67. The Morgan fingerprint density at radius 3 is 2.25 bits per heavy atom. The van der Waals surface area contributed by atoms with Gasteiger partial charge in [-0.25, -0.2) is 12.8 Å². The highest BCUT2D eigenvalue weighted by molar-refractivity contribution is 7.91. The largest absolute Gasteiger partial charge is 0.490 e. The normalized spacial score (nSPS) is 15.4. The van der Waals surface area contributed by atoms with Crippen molar-refractivity contribution in [3.8, 4) is 5.75 Å². The Hall–Kier alpha value is -2.08. The van der Waals surface area contributed by atoms with E-state index in [2.05, 4.69) is 4.72 Å². The third-order valence-electron chi connectivity index (χ3n) is 4.00. The van der Waals surface area contributed by atoms with Crippen molar-refractivity contribution in [2.24, 2.45) is 0 Å². The van der Waals surface area contributed by atoms with Crippen LogP contribution in [0, 0.1) is 5.82 Å². The first-order chi connectivity index (χ1) is 11.5. The average molecular weight is 349 g/mol. The third kappa shape index (κ3) is 4.71. The molecule has 1 aliphatic carbocycles. The Balaban J connectivity index is 1.60. The molecule has 0 aliphatic heterocycles. The molecule has 2 aromatic rings. The number of benzene rings is 2. The molecule has 0 saturated heterocycles. The Morgan fingerprint density at radius 2 is 1.62 bits per heavy atom. The molecule has 4 nitrogen and oxygen atoms in total. The van der Waals surface area contributed by atoms with Crippen LogP contribution < -0.4 is 9.46 Å². The molecule has 6 heteroatoms. The molecule has 1 aliphatic rings. The van der Waals surface area contributed by atoms with Gasteiger partial charge in [0.25, 0.3) is 0 Å².